The highest BCUT2D eigenvalue weighted by molar-refractivity contribution is 9.10. The van der Waals surface area contributed by atoms with Crippen LogP contribution in [0.15, 0.2) is 41.1 Å². The van der Waals surface area contributed by atoms with Crippen molar-refractivity contribution < 1.29 is 4.74 Å². The molecule has 2 aromatic rings. The molecule has 0 saturated carbocycles. The van der Waals surface area contributed by atoms with Crippen LogP contribution < -0.4 is 4.74 Å². The van der Waals surface area contributed by atoms with Gasteiger partial charge in [-0.2, -0.15) is 5.10 Å². The van der Waals surface area contributed by atoms with E-state index >= 15 is 0 Å². The fourth-order valence-electron chi connectivity index (χ4n) is 1.52. The van der Waals surface area contributed by atoms with Gasteiger partial charge in [-0.1, -0.05) is 30.3 Å². The molecule has 0 spiro atoms. The third kappa shape index (κ3) is 2.88. The average molecular weight is 295 g/mol. The van der Waals surface area contributed by atoms with Gasteiger partial charge >= 0.3 is 0 Å². The molecule has 1 heterocycles. The van der Waals surface area contributed by atoms with Crippen LogP contribution in [-0.4, -0.2) is 9.78 Å². The van der Waals surface area contributed by atoms with Gasteiger partial charge in [0.1, 0.15) is 11.2 Å². The molecule has 2 rings (SSSR count). The van der Waals surface area contributed by atoms with E-state index in [9.17, 15) is 0 Å². The van der Waals surface area contributed by atoms with Gasteiger partial charge in [-0.3, -0.25) is 4.68 Å². The first-order valence-electron chi connectivity index (χ1n) is 5.58. The maximum Gasteiger partial charge on any atom is 0.172 e. The number of nitrogens with zero attached hydrogens (tertiary/aromatic N) is 2. The SMILES string of the molecule is CC(C)n1ncc(OCc2ccccc2)c1Br. The molecular formula is C13H15BrN2O. The number of ether oxygens (including phenoxy) is 1. The Morgan fingerprint density at radius 3 is 2.59 bits per heavy atom. The van der Waals surface area contributed by atoms with E-state index in [0.717, 1.165) is 15.9 Å². The van der Waals surface area contributed by atoms with E-state index in [4.69, 9.17) is 4.74 Å². The van der Waals surface area contributed by atoms with Crippen LogP contribution in [0.4, 0.5) is 0 Å². The standard InChI is InChI=1S/C13H15BrN2O/c1-10(2)16-13(14)12(8-15-16)17-9-11-6-4-3-5-7-11/h3-8,10H,9H2,1-2H3. The Kier molecular flexibility index (Phi) is 3.84. The molecule has 3 nitrogen and oxygen atoms in total. The molecular weight excluding hydrogens is 280 g/mol. The number of hydrogen-bond donors (Lipinski definition) is 0. The topological polar surface area (TPSA) is 27.1 Å². The second-order valence-electron chi connectivity index (χ2n) is 4.11. The van der Waals surface area contributed by atoms with E-state index in [2.05, 4.69) is 34.9 Å². The first-order chi connectivity index (χ1) is 8.18. The van der Waals surface area contributed by atoms with Gasteiger partial charge in [0.25, 0.3) is 0 Å². The van der Waals surface area contributed by atoms with Crippen LogP contribution in [-0.2, 0) is 6.61 Å². The largest absolute Gasteiger partial charge is 0.484 e. The quantitative estimate of drug-likeness (QED) is 0.857. The number of aromatic nitrogens is 2. The lowest BCUT2D eigenvalue weighted by atomic mass is 10.2. The van der Waals surface area contributed by atoms with Crippen LogP contribution in [0.3, 0.4) is 0 Å². The van der Waals surface area contributed by atoms with Gasteiger partial charge in [0.05, 0.1) is 6.20 Å². The van der Waals surface area contributed by atoms with Crippen LogP contribution in [0, 0.1) is 0 Å². The average Bonchev–Trinajstić information content (AvgIpc) is 2.69. The highest BCUT2D eigenvalue weighted by Gasteiger charge is 2.11. The molecule has 0 unspecified atom stereocenters. The van der Waals surface area contributed by atoms with Crippen LogP contribution in [0.2, 0.25) is 0 Å². The summed E-state index contributed by atoms with van der Waals surface area (Å²) >= 11 is 3.50. The number of benzene rings is 1. The summed E-state index contributed by atoms with van der Waals surface area (Å²) in [6.07, 6.45) is 1.74. The van der Waals surface area contributed by atoms with Crippen LogP contribution in [0.1, 0.15) is 25.5 Å². The van der Waals surface area contributed by atoms with Gasteiger partial charge < -0.3 is 4.74 Å². The molecule has 1 aromatic heterocycles. The van der Waals surface area contributed by atoms with Crippen molar-refractivity contribution in [3.63, 3.8) is 0 Å². The van der Waals surface area contributed by atoms with E-state index in [1.54, 1.807) is 6.20 Å². The van der Waals surface area contributed by atoms with Crippen LogP contribution in [0.5, 0.6) is 5.75 Å². The summed E-state index contributed by atoms with van der Waals surface area (Å²) in [5.74, 6) is 0.780. The summed E-state index contributed by atoms with van der Waals surface area (Å²) in [5, 5.41) is 4.27. The van der Waals surface area contributed by atoms with Crippen molar-refractivity contribution in [3.8, 4) is 5.75 Å². The molecule has 17 heavy (non-hydrogen) atoms. The summed E-state index contributed by atoms with van der Waals surface area (Å²) in [6.45, 7) is 4.72. The maximum absolute atomic E-state index is 5.72. The van der Waals surface area contributed by atoms with E-state index in [0.29, 0.717) is 12.6 Å². The predicted octanol–water partition coefficient (Wildman–Crippen LogP) is 3.81. The molecule has 0 radical (unpaired) electrons. The van der Waals surface area contributed by atoms with Gasteiger partial charge in [-0.15, -0.1) is 0 Å². The molecule has 4 heteroatoms. The summed E-state index contributed by atoms with van der Waals surface area (Å²) in [6, 6.07) is 10.4. The fourth-order valence-corrected chi connectivity index (χ4v) is 2.24. The first kappa shape index (κ1) is 12.2. The second kappa shape index (κ2) is 5.36. The maximum atomic E-state index is 5.72. The highest BCUT2D eigenvalue weighted by Crippen LogP contribution is 2.27. The molecule has 90 valence electrons. The molecule has 0 saturated heterocycles. The summed E-state index contributed by atoms with van der Waals surface area (Å²) in [4.78, 5) is 0. The monoisotopic (exact) mass is 294 g/mol. The number of hydrogen-bond acceptors (Lipinski definition) is 2. The van der Waals surface area contributed by atoms with Gasteiger partial charge in [-0.05, 0) is 35.3 Å². The Hall–Kier alpha value is -1.29. The van der Waals surface area contributed by atoms with Crippen molar-refractivity contribution >= 4 is 15.9 Å². The smallest absolute Gasteiger partial charge is 0.172 e. The summed E-state index contributed by atoms with van der Waals surface area (Å²) in [7, 11) is 0. The number of rotatable bonds is 4. The Morgan fingerprint density at radius 1 is 1.29 bits per heavy atom. The Balaban J connectivity index is 2.05. The first-order valence-corrected chi connectivity index (χ1v) is 6.37. The molecule has 0 fully saturated rings. The third-order valence-electron chi connectivity index (χ3n) is 2.43. The lowest BCUT2D eigenvalue weighted by Gasteiger charge is -2.08. The Labute approximate surface area is 110 Å². The predicted molar refractivity (Wildman–Crippen MR) is 71.1 cm³/mol. The fraction of sp³-hybridized carbons (Fsp3) is 0.308. The van der Waals surface area contributed by atoms with Gasteiger partial charge in [-0.25, -0.2) is 0 Å². The van der Waals surface area contributed by atoms with Gasteiger partial charge in [0.2, 0.25) is 0 Å². The normalized spacial score (nSPS) is 10.8. The molecule has 0 aliphatic carbocycles. The molecule has 1 aromatic carbocycles. The van der Waals surface area contributed by atoms with E-state index < -0.39 is 0 Å². The van der Waals surface area contributed by atoms with E-state index in [1.807, 2.05) is 35.0 Å². The third-order valence-corrected chi connectivity index (χ3v) is 3.18. The minimum Gasteiger partial charge on any atom is -0.484 e. The van der Waals surface area contributed by atoms with Crippen molar-refractivity contribution in [2.75, 3.05) is 0 Å². The lowest BCUT2D eigenvalue weighted by molar-refractivity contribution is 0.303. The van der Waals surface area contributed by atoms with E-state index in [-0.39, 0.29) is 0 Å². The molecule has 0 amide bonds. The second-order valence-corrected chi connectivity index (χ2v) is 4.86. The summed E-state index contributed by atoms with van der Waals surface area (Å²) in [5.41, 5.74) is 1.15. The lowest BCUT2D eigenvalue weighted by Crippen LogP contribution is -2.02. The van der Waals surface area contributed by atoms with Crippen molar-refractivity contribution in [1.82, 2.24) is 9.78 Å². The molecule has 0 N–H and O–H groups in total. The van der Waals surface area contributed by atoms with Gasteiger partial charge in [0, 0.05) is 6.04 Å². The highest BCUT2D eigenvalue weighted by atomic mass is 79.9. The summed E-state index contributed by atoms with van der Waals surface area (Å²) < 4.78 is 8.50. The van der Waals surface area contributed by atoms with Crippen molar-refractivity contribution in [1.29, 1.82) is 0 Å². The van der Waals surface area contributed by atoms with Crippen molar-refractivity contribution in [2.45, 2.75) is 26.5 Å². The molecule has 0 atom stereocenters. The van der Waals surface area contributed by atoms with Crippen LogP contribution in [0.25, 0.3) is 0 Å². The molecule has 0 aliphatic heterocycles. The Morgan fingerprint density at radius 2 is 2.00 bits per heavy atom. The van der Waals surface area contributed by atoms with E-state index in [1.165, 1.54) is 0 Å². The minimum atomic E-state index is 0.318. The number of halogens is 1. The minimum absolute atomic E-state index is 0.318. The van der Waals surface area contributed by atoms with Crippen molar-refractivity contribution in [3.05, 3.63) is 46.7 Å². The zero-order valence-electron chi connectivity index (χ0n) is 9.93. The Bertz CT molecular complexity index is 479. The molecule has 0 aliphatic rings. The zero-order chi connectivity index (χ0) is 12.3. The zero-order valence-corrected chi connectivity index (χ0v) is 11.5. The van der Waals surface area contributed by atoms with Crippen molar-refractivity contribution in [2.24, 2.45) is 0 Å². The molecule has 0 bridgehead atoms. The van der Waals surface area contributed by atoms with Crippen LogP contribution >= 0.6 is 15.9 Å². The van der Waals surface area contributed by atoms with Gasteiger partial charge in [0.15, 0.2) is 5.75 Å².